The van der Waals surface area contributed by atoms with Gasteiger partial charge in [-0.05, 0) is 37.0 Å². The Morgan fingerprint density at radius 3 is 2.75 bits per heavy atom. The van der Waals surface area contributed by atoms with Crippen LogP contribution in [0.25, 0.3) is 10.9 Å². The number of rotatable bonds is 6. The summed E-state index contributed by atoms with van der Waals surface area (Å²) in [6, 6.07) is 8.41. The molecule has 108 valence electrons. The Morgan fingerprint density at radius 2 is 2.05 bits per heavy atom. The molecule has 0 spiro atoms. The molecule has 1 heterocycles. The second-order valence-corrected chi connectivity index (χ2v) is 5.96. The van der Waals surface area contributed by atoms with Crippen LogP contribution in [0.15, 0.2) is 30.5 Å². The first-order valence-electron chi connectivity index (χ1n) is 7.44. The van der Waals surface area contributed by atoms with Crippen molar-refractivity contribution < 1.29 is 0 Å². The highest BCUT2D eigenvalue weighted by Crippen LogP contribution is 2.28. The van der Waals surface area contributed by atoms with E-state index < -0.39 is 0 Å². The molecule has 2 aromatic rings. The number of fused-ring (bicyclic) bond motifs is 1. The van der Waals surface area contributed by atoms with Crippen molar-refractivity contribution in [2.24, 2.45) is 5.92 Å². The van der Waals surface area contributed by atoms with Crippen molar-refractivity contribution in [2.75, 3.05) is 5.32 Å². The fourth-order valence-corrected chi connectivity index (χ4v) is 2.69. The van der Waals surface area contributed by atoms with Crippen molar-refractivity contribution in [1.82, 2.24) is 4.98 Å². The molecule has 0 saturated heterocycles. The maximum atomic E-state index is 6.22. The predicted molar refractivity (Wildman–Crippen MR) is 88.5 cm³/mol. The van der Waals surface area contributed by atoms with Gasteiger partial charge in [0.25, 0.3) is 0 Å². The summed E-state index contributed by atoms with van der Waals surface area (Å²) in [5.41, 5.74) is 2.04. The molecule has 0 bridgehead atoms. The fourth-order valence-electron chi connectivity index (χ4n) is 2.47. The molecule has 1 aromatic carbocycles. The van der Waals surface area contributed by atoms with Gasteiger partial charge in [-0.2, -0.15) is 0 Å². The smallest absolute Gasteiger partial charge is 0.0934 e. The highest BCUT2D eigenvalue weighted by atomic mass is 35.5. The highest BCUT2D eigenvalue weighted by Gasteiger charge is 2.12. The standard InChI is InChI=1S/C17H23ClN2/c1-4-12(3)9-15(5-2)20-16-11-14(18)10-13-7-6-8-19-17(13)16/h6-8,10-12,15,20H,4-5,9H2,1-3H3. The van der Waals surface area contributed by atoms with E-state index in [0.717, 1.165) is 34.0 Å². The van der Waals surface area contributed by atoms with E-state index in [-0.39, 0.29) is 0 Å². The van der Waals surface area contributed by atoms with Crippen LogP contribution < -0.4 is 5.32 Å². The first-order valence-corrected chi connectivity index (χ1v) is 7.82. The van der Waals surface area contributed by atoms with Crippen LogP contribution in [0.4, 0.5) is 5.69 Å². The minimum atomic E-state index is 0.466. The van der Waals surface area contributed by atoms with Crippen molar-refractivity contribution >= 4 is 28.2 Å². The Balaban J connectivity index is 2.27. The summed E-state index contributed by atoms with van der Waals surface area (Å²) in [6.07, 6.45) is 5.32. The zero-order valence-electron chi connectivity index (χ0n) is 12.5. The molecule has 0 aliphatic carbocycles. The minimum absolute atomic E-state index is 0.466. The molecule has 0 saturated carbocycles. The van der Waals surface area contributed by atoms with Gasteiger partial charge in [-0.15, -0.1) is 0 Å². The van der Waals surface area contributed by atoms with Crippen LogP contribution >= 0.6 is 11.6 Å². The van der Waals surface area contributed by atoms with Crippen LogP contribution in [0, 0.1) is 5.92 Å². The van der Waals surface area contributed by atoms with Crippen molar-refractivity contribution in [3.63, 3.8) is 0 Å². The van der Waals surface area contributed by atoms with Gasteiger partial charge in [-0.25, -0.2) is 0 Å². The summed E-state index contributed by atoms with van der Waals surface area (Å²) >= 11 is 6.22. The van der Waals surface area contributed by atoms with E-state index in [1.807, 2.05) is 24.4 Å². The third kappa shape index (κ3) is 3.63. The average Bonchev–Trinajstić information content (AvgIpc) is 2.46. The summed E-state index contributed by atoms with van der Waals surface area (Å²) < 4.78 is 0. The number of pyridine rings is 1. The topological polar surface area (TPSA) is 24.9 Å². The van der Waals surface area contributed by atoms with Gasteiger partial charge in [0.2, 0.25) is 0 Å². The number of benzene rings is 1. The molecule has 2 rings (SSSR count). The molecule has 0 aliphatic heterocycles. The molecule has 1 N–H and O–H groups in total. The molecule has 2 nitrogen and oxygen atoms in total. The minimum Gasteiger partial charge on any atom is -0.381 e. The molecule has 0 radical (unpaired) electrons. The lowest BCUT2D eigenvalue weighted by Crippen LogP contribution is -2.21. The van der Waals surface area contributed by atoms with E-state index in [0.29, 0.717) is 6.04 Å². The zero-order valence-corrected chi connectivity index (χ0v) is 13.2. The van der Waals surface area contributed by atoms with Gasteiger partial charge in [-0.3, -0.25) is 4.98 Å². The first-order chi connectivity index (χ1) is 9.63. The molecular formula is C17H23ClN2. The molecule has 0 amide bonds. The van der Waals surface area contributed by atoms with E-state index in [9.17, 15) is 0 Å². The summed E-state index contributed by atoms with van der Waals surface area (Å²) in [4.78, 5) is 4.49. The monoisotopic (exact) mass is 290 g/mol. The number of nitrogens with one attached hydrogen (secondary N) is 1. The number of aromatic nitrogens is 1. The molecular weight excluding hydrogens is 268 g/mol. The summed E-state index contributed by atoms with van der Waals surface area (Å²) in [5, 5.41) is 5.47. The van der Waals surface area contributed by atoms with Crippen molar-refractivity contribution in [3.05, 3.63) is 35.5 Å². The van der Waals surface area contributed by atoms with E-state index >= 15 is 0 Å². The second kappa shape index (κ2) is 6.94. The Morgan fingerprint density at radius 1 is 1.25 bits per heavy atom. The van der Waals surface area contributed by atoms with E-state index in [2.05, 4.69) is 37.1 Å². The lowest BCUT2D eigenvalue weighted by atomic mass is 9.97. The molecule has 0 aliphatic rings. The van der Waals surface area contributed by atoms with Crippen molar-refractivity contribution in [2.45, 2.75) is 46.1 Å². The van der Waals surface area contributed by atoms with Gasteiger partial charge in [0.05, 0.1) is 11.2 Å². The van der Waals surface area contributed by atoms with Crippen molar-refractivity contribution in [3.8, 4) is 0 Å². The Hall–Kier alpha value is -1.28. The number of nitrogens with zero attached hydrogens (tertiary/aromatic N) is 1. The molecule has 2 unspecified atom stereocenters. The molecule has 20 heavy (non-hydrogen) atoms. The van der Waals surface area contributed by atoms with Crippen molar-refractivity contribution in [1.29, 1.82) is 0 Å². The van der Waals surface area contributed by atoms with E-state index in [1.54, 1.807) is 0 Å². The molecule has 2 atom stereocenters. The van der Waals surface area contributed by atoms with Gasteiger partial charge in [0, 0.05) is 22.6 Å². The predicted octanol–water partition coefficient (Wildman–Crippen LogP) is 5.51. The lowest BCUT2D eigenvalue weighted by molar-refractivity contribution is 0.462. The lowest BCUT2D eigenvalue weighted by Gasteiger charge is -2.22. The average molecular weight is 291 g/mol. The first kappa shape index (κ1) is 15.1. The molecule has 1 aromatic heterocycles. The third-order valence-corrected chi connectivity index (χ3v) is 4.12. The van der Waals surface area contributed by atoms with Gasteiger partial charge in [-0.1, -0.05) is 44.9 Å². The quantitative estimate of drug-likeness (QED) is 0.758. The maximum Gasteiger partial charge on any atom is 0.0934 e. The molecule has 3 heteroatoms. The number of halogens is 1. The SMILES string of the molecule is CCC(C)CC(CC)Nc1cc(Cl)cc2cccnc12. The highest BCUT2D eigenvalue weighted by molar-refractivity contribution is 6.31. The van der Waals surface area contributed by atoms with Gasteiger partial charge in [0.1, 0.15) is 0 Å². The van der Waals surface area contributed by atoms with Gasteiger partial charge < -0.3 is 5.32 Å². The van der Waals surface area contributed by atoms with Crippen LogP contribution in [-0.4, -0.2) is 11.0 Å². The maximum absolute atomic E-state index is 6.22. The van der Waals surface area contributed by atoms with Crippen LogP contribution in [0.2, 0.25) is 5.02 Å². The van der Waals surface area contributed by atoms with Crippen LogP contribution in [0.1, 0.15) is 40.0 Å². The number of hydrogen-bond acceptors (Lipinski definition) is 2. The fraction of sp³-hybridized carbons (Fsp3) is 0.471. The van der Waals surface area contributed by atoms with Crippen LogP contribution in [0.3, 0.4) is 0 Å². The van der Waals surface area contributed by atoms with E-state index in [4.69, 9.17) is 11.6 Å². The van der Waals surface area contributed by atoms with E-state index in [1.165, 1.54) is 12.8 Å². The number of anilines is 1. The third-order valence-electron chi connectivity index (χ3n) is 3.91. The van der Waals surface area contributed by atoms with Gasteiger partial charge >= 0.3 is 0 Å². The summed E-state index contributed by atoms with van der Waals surface area (Å²) in [7, 11) is 0. The normalized spacial score (nSPS) is 14.2. The Kier molecular flexibility index (Phi) is 5.24. The Labute approximate surface area is 126 Å². The zero-order chi connectivity index (χ0) is 14.5. The van der Waals surface area contributed by atoms with Crippen LogP contribution in [-0.2, 0) is 0 Å². The number of hydrogen-bond donors (Lipinski definition) is 1. The largest absolute Gasteiger partial charge is 0.381 e. The summed E-state index contributed by atoms with van der Waals surface area (Å²) in [6.45, 7) is 6.77. The second-order valence-electron chi connectivity index (χ2n) is 5.53. The summed E-state index contributed by atoms with van der Waals surface area (Å²) in [5.74, 6) is 0.728. The van der Waals surface area contributed by atoms with Crippen LogP contribution in [0.5, 0.6) is 0 Å². The molecule has 0 fully saturated rings. The van der Waals surface area contributed by atoms with Gasteiger partial charge in [0.15, 0.2) is 0 Å². The Bertz CT molecular complexity index is 568.